The minimum Gasteiger partial charge on any atom is -0.463 e. The molecule has 2 rings (SSSR count). The zero-order valence-electron chi connectivity index (χ0n) is 12.9. The number of hydrogen-bond acceptors (Lipinski definition) is 6. The maximum atomic E-state index is 12.1. The predicted molar refractivity (Wildman–Crippen MR) is 81.3 cm³/mol. The van der Waals surface area contributed by atoms with E-state index >= 15 is 0 Å². The minimum atomic E-state index is -3.62. The van der Waals surface area contributed by atoms with E-state index in [1.165, 1.54) is 24.3 Å². The minimum absolute atomic E-state index is 0.0645. The highest BCUT2D eigenvalue weighted by atomic mass is 32.2. The summed E-state index contributed by atoms with van der Waals surface area (Å²) in [5.74, 6) is -1.25. The number of carbonyl (C=O) groups is 2. The second-order valence-electron chi connectivity index (χ2n) is 5.31. The molecule has 1 saturated heterocycles. The van der Waals surface area contributed by atoms with Gasteiger partial charge in [0.1, 0.15) is 0 Å². The average molecular weight is 341 g/mol. The molecule has 126 valence electrons. The van der Waals surface area contributed by atoms with E-state index in [2.05, 4.69) is 4.72 Å². The standard InChI is InChI=1S/C15H19NO6S/c1-3-10(2)16-23(19,20)12-6-4-11(5-7-12)14(17)22-13-8-9-21-15(13)18/h4-7,10,13,16H,3,8-9H2,1-2H3. The lowest BCUT2D eigenvalue weighted by atomic mass is 10.2. The molecule has 8 heteroatoms. The van der Waals surface area contributed by atoms with Crippen LogP contribution >= 0.6 is 0 Å². The van der Waals surface area contributed by atoms with Crippen molar-refractivity contribution in [2.24, 2.45) is 0 Å². The first-order valence-corrected chi connectivity index (χ1v) is 8.82. The van der Waals surface area contributed by atoms with Gasteiger partial charge < -0.3 is 9.47 Å². The number of hydrogen-bond donors (Lipinski definition) is 1. The summed E-state index contributed by atoms with van der Waals surface area (Å²) in [5.41, 5.74) is 0.173. The van der Waals surface area contributed by atoms with Gasteiger partial charge in [-0.15, -0.1) is 0 Å². The van der Waals surface area contributed by atoms with Crippen molar-refractivity contribution in [3.63, 3.8) is 0 Å². The maximum Gasteiger partial charge on any atom is 0.347 e. The van der Waals surface area contributed by atoms with Crippen molar-refractivity contribution >= 4 is 22.0 Å². The van der Waals surface area contributed by atoms with Gasteiger partial charge in [0.05, 0.1) is 17.1 Å². The number of esters is 2. The number of rotatable bonds is 6. The van der Waals surface area contributed by atoms with E-state index in [4.69, 9.17) is 9.47 Å². The first-order chi connectivity index (χ1) is 10.8. The summed E-state index contributed by atoms with van der Waals surface area (Å²) in [7, 11) is -3.62. The van der Waals surface area contributed by atoms with E-state index in [0.717, 1.165) is 0 Å². The Kier molecular flexibility index (Phi) is 5.38. The van der Waals surface area contributed by atoms with Crippen LogP contribution in [0.4, 0.5) is 0 Å². The van der Waals surface area contributed by atoms with Gasteiger partial charge in [0.2, 0.25) is 16.1 Å². The molecule has 0 spiro atoms. The first kappa shape index (κ1) is 17.4. The van der Waals surface area contributed by atoms with Gasteiger partial charge in [-0.3, -0.25) is 0 Å². The zero-order chi connectivity index (χ0) is 17.0. The molecule has 7 nitrogen and oxygen atoms in total. The molecule has 2 unspecified atom stereocenters. The number of cyclic esters (lactones) is 1. The second kappa shape index (κ2) is 7.10. The third-order valence-corrected chi connectivity index (χ3v) is 5.11. The molecule has 23 heavy (non-hydrogen) atoms. The average Bonchev–Trinajstić information content (AvgIpc) is 2.92. The van der Waals surface area contributed by atoms with Crippen LogP contribution in [0, 0.1) is 0 Å². The number of benzene rings is 1. The van der Waals surface area contributed by atoms with Gasteiger partial charge in [-0.25, -0.2) is 22.7 Å². The van der Waals surface area contributed by atoms with Crippen molar-refractivity contribution < 1.29 is 27.5 Å². The van der Waals surface area contributed by atoms with Crippen LogP contribution in [0.25, 0.3) is 0 Å². The Hall–Kier alpha value is -1.93. The monoisotopic (exact) mass is 341 g/mol. The first-order valence-electron chi connectivity index (χ1n) is 7.33. The Morgan fingerprint density at radius 2 is 2.04 bits per heavy atom. The molecular weight excluding hydrogens is 322 g/mol. The molecule has 1 fully saturated rings. The van der Waals surface area contributed by atoms with E-state index in [0.29, 0.717) is 12.8 Å². The molecule has 0 aromatic heterocycles. The van der Waals surface area contributed by atoms with Crippen molar-refractivity contribution in [3.05, 3.63) is 29.8 Å². The van der Waals surface area contributed by atoms with E-state index in [1.54, 1.807) is 6.92 Å². The lowest BCUT2D eigenvalue weighted by molar-refractivity contribution is -0.145. The summed E-state index contributed by atoms with van der Waals surface area (Å²) in [6, 6.07) is 5.18. The largest absolute Gasteiger partial charge is 0.463 e. The third-order valence-electron chi connectivity index (χ3n) is 3.51. The van der Waals surface area contributed by atoms with Crippen molar-refractivity contribution in [1.82, 2.24) is 4.72 Å². The van der Waals surface area contributed by atoms with Gasteiger partial charge in [-0.05, 0) is 37.6 Å². The normalized spacial score (nSPS) is 19.2. The predicted octanol–water partition coefficient (Wildman–Crippen LogP) is 1.24. The second-order valence-corrected chi connectivity index (χ2v) is 7.02. The number of nitrogens with one attached hydrogen (secondary N) is 1. The lowest BCUT2D eigenvalue weighted by Crippen LogP contribution is -2.32. The smallest absolute Gasteiger partial charge is 0.347 e. The van der Waals surface area contributed by atoms with Crippen LogP contribution in [0.15, 0.2) is 29.2 Å². The maximum absolute atomic E-state index is 12.1. The molecule has 1 aromatic rings. The fourth-order valence-electron chi connectivity index (χ4n) is 1.97. The summed E-state index contributed by atoms with van der Waals surface area (Å²) in [6.45, 7) is 3.87. The third kappa shape index (κ3) is 4.29. The SMILES string of the molecule is CCC(C)NS(=O)(=O)c1ccc(C(=O)OC2CCOC2=O)cc1. The Bertz CT molecular complexity index is 682. The number of sulfonamides is 1. The van der Waals surface area contributed by atoms with Crippen LogP contribution in [0.1, 0.15) is 37.0 Å². The molecule has 1 aliphatic heterocycles. The van der Waals surface area contributed by atoms with Crippen LogP contribution in [0.3, 0.4) is 0 Å². The van der Waals surface area contributed by atoms with E-state index in [1.807, 2.05) is 6.92 Å². The Labute approximate surface area is 135 Å². The Morgan fingerprint density at radius 1 is 1.39 bits per heavy atom. The Balaban J connectivity index is 2.07. The van der Waals surface area contributed by atoms with Crippen molar-refractivity contribution in [3.8, 4) is 0 Å². The molecule has 1 N–H and O–H groups in total. The molecule has 0 amide bonds. The van der Waals surface area contributed by atoms with Crippen LogP contribution < -0.4 is 4.72 Å². The van der Waals surface area contributed by atoms with Crippen LogP contribution in [0.5, 0.6) is 0 Å². The number of ether oxygens (including phenoxy) is 2. The van der Waals surface area contributed by atoms with Gasteiger partial charge in [0.15, 0.2) is 0 Å². The van der Waals surface area contributed by atoms with Crippen LogP contribution in [-0.4, -0.2) is 39.1 Å². The molecule has 2 atom stereocenters. The molecule has 0 saturated carbocycles. The van der Waals surface area contributed by atoms with E-state index in [-0.39, 0.29) is 23.1 Å². The molecular formula is C15H19NO6S. The molecule has 0 radical (unpaired) electrons. The number of carbonyl (C=O) groups excluding carboxylic acids is 2. The van der Waals surface area contributed by atoms with E-state index in [9.17, 15) is 18.0 Å². The van der Waals surface area contributed by atoms with Crippen LogP contribution in [-0.2, 0) is 24.3 Å². The van der Waals surface area contributed by atoms with Crippen molar-refractivity contribution in [1.29, 1.82) is 0 Å². The van der Waals surface area contributed by atoms with Gasteiger partial charge >= 0.3 is 11.9 Å². The van der Waals surface area contributed by atoms with Gasteiger partial charge in [0, 0.05) is 12.5 Å². The summed E-state index contributed by atoms with van der Waals surface area (Å²) >= 11 is 0. The highest BCUT2D eigenvalue weighted by Gasteiger charge is 2.30. The van der Waals surface area contributed by atoms with Gasteiger partial charge in [-0.1, -0.05) is 6.92 Å². The van der Waals surface area contributed by atoms with Crippen molar-refractivity contribution in [2.75, 3.05) is 6.61 Å². The summed E-state index contributed by atoms with van der Waals surface area (Å²) in [5, 5.41) is 0. The molecule has 0 bridgehead atoms. The molecule has 1 aromatic carbocycles. The Morgan fingerprint density at radius 3 is 2.57 bits per heavy atom. The van der Waals surface area contributed by atoms with E-state index < -0.39 is 28.1 Å². The summed E-state index contributed by atoms with van der Waals surface area (Å²) < 4.78 is 36.5. The van der Waals surface area contributed by atoms with Crippen molar-refractivity contribution in [2.45, 2.75) is 43.7 Å². The summed E-state index contributed by atoms with van der Waals surface area (Å²) in [6.07, 6.45) is 0.106. The zero-order valence-corrected chi connectivity index (χ0v) is 13.8. The van der Waals surface area contributed by atoms with Crippen LogP contribution in [0.2, 0.25) is 0 Å². The highest BCUT2D eigenvalue weighted by Crippen LogP contribution is 2.16. The highest BCUT2D eigenvalue weighted by molar-refractivity contribution is 7.89. The fraction of sp³-hybridized carbons (Fsp3) is 0.467. The molecule has 1 heterocycles. The fourth-order valence-corrected chi connectivity index (χ4v) is 3.29. The van der Waals surface area contributed by atoms with Gasteiger partial charge in [0.25, 0.3) is 0 Å². The molecule has 1 aliphatic rings. The quantitative estimate of drug-likeness (QED) is 0.782. The molecule has 0 aliphatic carbocycles. The summed E-state index contributed by atoms with van der Waals surface area (Å²) in [4.78, 5) is 23.3. The topological polar surface area (TPSA) is 98.8 Å². The lowest BCUT2D eigenvalue weighted by Gasteiger charge is -2.12. The van der Waals surface area contributed by atoms with Gasteiger partial charge in [-0.2, -0.15) is 0 Å².